The molecule has 1 aromatic carbocycles. The number of rotatable bonds is 7. The van der Waals surface area contributed by atoms with Crippen LogP contribution in [0.3, 0.4) is 0 Å². The van der Waals surface area contributed by atoms with Crippen molar-refractivity contribution in [1.82, 2.24) is 4.90 Å². The summed E-state index contributed by atoms with van der Waals surface area (Å²) in [5.41, 5.74) is 1.61. The molecule has 0 spiro atoms. The van der Waals surface area contributed by atoms with E-state index in [9.17, 15) is 9.59 Å². The summed E-state index contributed by atoms with van der Waals surface area (Å²) in [5, 5.41) is 0. The highest BCUT2D eigenvalue weighted by Gasteiger charge is 2.24. The highest BCUT2D eigenvalue weighted by Crippen LogP contribution is 2.14. The first kappa shape index (κ1) is 21.0. The lowest BCUT2D eigenvalue weighted by Crippen LogP contribution is -2.43. The number of aryl methyl sites for hydroxylation is 1. The van der Waals surface area contributed by atoms with E-state index in [1.165, 1.54) is 0 Å². The second-order valence-corrected chi connectivity index (χ2v) is 7.11. The maximum Gasteiger partial charge on any atom is 0.410 e. The molecular weight excluding hydrogens is 318 g/mol. The van der Waals surface area contributed by atoms with Crippen LogP contribution in [-0.4, -0.2) is 41.3 Å². The van der Waals surface area contributed by atoms with Crippen LogP contribution in [0.25, 0.3) is 0 Å². The van der Waals surface area contributed by atoms with Crippen molar-refractivity contribution in [2.75, 3.05) is 0 Å². The van der Waals surface area contributed by atoms with Crippen LogP contribution in [0.4, 0.5) is 4.79 Å². The third kappa shape index (κ3) is 6.77. The number of benzene rings is 1. The van der Waals surface area contributed by atoms with E-state index in [1.54, 1.807) is 24.0 Å². The molecule has 0 heterocycles. The van der Waals surface area contributed by atoms with E-state index < -0.39 is 0 Å². The van der Waals surface area contributed by atoms with Crippen molar-refractivity contribution in [3.63, 3.8) is 0 Å². The molecule has 0 aliphatic rings. The predicted octanol–water partition coefficient (Wildman–Crippen LogP) is 4.57. The predicted molar refractivity (Wildman–Crippen MR) is 98.7 cm³/mol. The van der Waals surface area contributed by atoms with Crippen LogP contribution >= 0.6 is 0 Å². The van der Waals surface area contributed by atoms with E-state index in [1.807, 2.05) is 53.7 Å². The lowest BCUT2D eigenvalue weighted by atomic mass is 10.1. The van der Waals surface area contributed by atoms with Gasteiger partial charge in [-0.25, -0.2) is 9.59 Å². The lowest BCUT2D eigenvalue weighted by molar-refractivity contribution is 0.00974. The minimum absolute atomic E-state index is 0.0662. The van der Waals surface area contributed by atoms with Gasteiger partial charge in [0.05, 0.1) is 5.56 Å². The first-order valence-electron chi connectivity index (χ1n) is 8.88. The molecular formula is C20H31NO4. The zero-order chi connectivity index (χ0) is 19.1. The summed E-state index contributed by atoms with van der Waals surface area (Å²) in [6, 6.07) is 7.37. The van der Waals surface area contributed by atoms with Gasteiger partial charge < -0.3 is 14.4 Å². The van der Waals surface area contributed by atoms with Crippen molar-refractivity contribution in [1.29, 1.82) is 0 Å². The molecule has 0 radical (unpaired) electrons. The zero-order valence-corrected chi connectivity index (χ0v) is 16.4. The monoisotopic (exact) mass is 349 g/mol. The van der Waals surface area contributed by atoms with Crippen molar-refractivity contribution in [2.45, 2.75) is 79.2 Å². The molecule has 0 saturated carbocycles. The maximum absolute atomic E-state index is 12.3. The van der Waals surface area contributed by atoms with Crippen molar-refractivity contribution >= 4 is 12.1 Å². The number of hydrogen-bond donors (Lipinski definition) is 0. The van der Waals surface area contributed by atoms with Crippen LogP contribution in [-0.2, 0) is 9.47 Å². The van der Waals surface area contributed by atoms with E-state index >= 15 is 0 Å². The SMILES string of the molecule is Cc1ccc(C(=O)OC(C)CC(C)OC(=O)N(C(C)C)C(C)C)cc1. The van der Waals surface area contributed by atoms with Crippen LogP contribution in [0.2, 0.25) is 0 Å². The minimum atomic E-state index is -0.364. The number of carbonyl (C=O) groups is 2. The van der Waals surface area contributed by atoms with E-state index in [0.29, 0.717) is 12.0 Å². The molecule has 0 aromatic heterocycles. The highest BCUT2D eigenvalue weighted by atomic mass is 16.6. The average molecular weight is 349 g/mol. The molecule has 25 heavy (non-hydrogen) atoms. The van der Waals surface area contributed by atoms with Gasteiger partial charge in [0.25, 0.3) is 0 Å². The van der Waals surface area contributed by atoms with Gasteiger partial charge in [-0.3, -0.25) is 0 Å². The average Bonchev–Trinajstić information content (AvgIpc) is 2.46. The Labute approximate surface area is 151 Å². The Balaban J connectivity index is 2.53. The van der Waals surface area contributed by atoms with Crippen LogP contribution in [0.5, 0.6) is 0 Å². The summed E-state index contributed by atoms with van der Waals surface area (Å²) in [6.45, 7) is 13.4. The van der Waals surface area contributed by atoms with Crippen LogP contribution in [0.15, 0.2) is 24.3 Å². The highest BCUT2D eigenvalue weighted by molar-refractivity contribution is 5.89. The Morgan fingerprint density at radius 3 is 1.84 bits per heavy atom. The third-order valence-electron chi connectivity index (χ3n) is 3.88. The van der Waals surface area contributed by atoms with Gasteiger partial charge in [0.1, 0.15) is 12.2 Å². The molecule has 5 nitrogen and oxygen atoms in total. The molecule has 0 fully saturated rings. The number of ether oxygens (including phenoxy) is 2. The summed E-state index contributed by atoms with van der Waals surface area (Å²) in [5.74, 6) is -0.364. The standard InChI is InChI=1S/C20H31NO4/c1-13(2)21(14(3)4)20(23)25-17(7)12-16(6)24-19(22)18-10-8-15(5)9-11-18/h8-11,13-14,16-17H,12H2,1-7H3. The normalized spacial score (nSPS) is 13.5. The topological polar surface area (TPSA) is 55.8 Å². The minimum Gasteiger partial charge on any atom is -0.459 e. The Bertz CT molecular complexity index is 558. The summed E-state index contributed by atoms with van der Waals surface area (Å²) in [4.78, 5) is 26.1. The first-order valence-corrected chi connectivity index (χ1v) is 8.88. The van der Waals surface area contributed by atoms with Gasteiger partial charge in [0.2, 0.25) is 0 Å². The van der Waals surface area contributed by atoms with Crippen molar-refractivity contribution < 1.29 is 19.1 Å². The third-order valence-corrected chi connectivity index (χ3v) is 3.88. The molecule has 0 bridgehead atoms. The largest absolute Gasteiger partial charge is 0.459 e. The lowest BCUT2D eigenvalue weighted by Gasteiger charge is -2.31. The van der Waals surface area contributed by atoms with E-state index in [0.717, 1.165) is 5.56 Å². The molecule has 1 rings (SSSR count). The Morgan fingerprint density at radius 2 is 1.36 bits per heavy atom. The Morgan fingerprint density at radius 1 is 0.880 bits per heavy atom. The molecule has 0 N–H and O–H groups in total. The van der Waals surface area contributed by atoms with Gasteiger partial charge in [-0.2, -0.15) is 0 Å². The van der Waals surface area contributed by atoms with Gasteiger partial charge in [-0.05, 0) is 60.6 Å². The first-order chi connectivity index (χ1) is 11.6. The number of esters is 1. The summed E-state index contributed by atoms with van der Waals surface area (Å²) in [6.07, 6.45) is -0.570. The van der Waals surface area contributed by atoms with E-state index in [-0.39, 0.29) is 36.4 Å². The van der Waals surface area contributed by atoms with Gasteiger partial charge in [0, 0.05) is 18.5 Å². The second kappa shape index (κ2) is 9.44. The fraction of sp³-hybridized carbons (Fsp3) is 0.600. The van der Waals surface area contributed by atoms with Crippen molar-refractivity contribution in [3.8, 4) is 0 Å². The zero-order valence-electron chi connectivity index (χ0n) is 16.4. The molecule has 5 heteroatoms. The summed E-state index contributed by atoms with van der Waals surface area (Å²) in [7, 11) is 0. The fourth-order valence-corrected chi connectivity index (χ4v) is 2.75. The van der Waals surface area contributed by atoms with E-state index in [2.05, 4.69) is 0 Å². The molecule has 0 aliphatic heterocycles. The second-order valence-electron chi connectivity index (χ2n) is 7.11. The van der Waals surface area contributed by atoms with Gasteiger partial charge >= 0.3 is 12.1 Å². The van der Waals surface area contributed by atoms with Gasteiger partial charge in [0.15, 0.2) is 0 Å². The van der Waals surface area contributed by atoms with Crippen LogP contribution in [0, 0.1) is 6.92 Å². The van der Waals surface area contributed by atoms with Crippen molar-refractivity contribution in [2.24, 2.45) is 0 Å². The van der Waals surface area contributed by atoms with Crippen molar-refractivity contribution in [3.05, 3.63) is 35.4 Å². The molecule has 2 unspecified atom stereocenters. The molecule has 1 amide bonds. The van der Waals surface area contributed by atoms with Crippen LogP contribution in [0.1, 0.15) is 63.9 Å². The Hall–Kier alpha value is -2.04. The Kier molecular flexibility index (Phi) is 7.94. The number of amides is 1. The molecule has 1 aromatic rings. The van der Waals surface area contributed by atoms with Gasteiger partial charge in [-0.1, -0.05) is 17.7 Å². The maximum atomic E-state index is 12.3. The van der Waals surface area contributed by atoms with E-state index in [4.69, 9.17) is 9.47 Å². The van der Waals surface area contributed by atoms with Crippen LogP contribution < -0.4 is 0 Å². The molecule has 140 valence electrons. The summed E-state index contributed by atoms with van der Waals surface area (Å²) >= 11 is 0. The summed E-state index contributed by atoms with van der Waals surface area (Å²) < 4.78 is 10.9. The smallest absolute Gasteiger partial charge is 0.410 e. The fourth-order valence-electron chi connectivity index (χ4n) is 2.75. The number of hydrogen-bond acceptors (Lipinski definition) is 4. The number of carbonyl (C=O) groups excluding carboxylic acids is 2. The molecule has 2 atom stereocenters. The number of nitrogens with zero attached hydrogens (tertiary/aromatic N) is 1. The molecule has 0 aliphatic carbocycles. The van der Waals surface area contributed by atoms with Gasteiger partial charge in [-0.15, -0.1) is 0 Å². The quantitative estimate of drug-likeness (QED) is 0.676. The molecule has 0 saturated heterocycles.